The van der Waals surface area contributed by atoms with Crippen LogP contribution in [0.25, 0.3) is 0 Å². The van der Waals surface area contributed by atoms with E-state index in [-0.39, 0.29) is 17.9 Å². The first kappa shape index (κ1) is 19.7. The van der Waals surface area contributed by atoms with Crippen LogP contribution in [0.3, 0.4) is 0 Å². The number of hydrogen-bond acceptors (Lipinski definition) is 2. The quantitative estimate of drug-likeness (QED) is 0.761. The third-order valence-electron chi connectivity index (χ3n) is 4.59. The average molecular weight is 352 g/mol. The van der Waals surface area contributed by atoms with E-state index < -0.39 is 5.41 Å². The fourth-order valence-electron chi connectivity index (χ4n) is 2.60. The maximum absolute atomic E-state index is 13.3. The Bertz CT molecular complexity index is 726. The number of para-hydroxylation sites is 1. The lowest BCUT2D eigenvalue weighted by molar-refractivity contribution is -0.140. The van der Waals surface area contributed by atoms with Gasteiger partial charge < -0.3 is 10.2 Å². The van der Waals surface area contributed by atoms with Crippen molar-refractivity contribution in [2.75, 3.05) is 4.90 Å². The molecule has 0 saturated heterocycles. The molecule has 4 heteroatoms. The zero-order valence-corrected chi connectivity index (χ0v) is 16.0. The minimum atomic E-state index is -1.16. The molecule has 2 amide bonds. The van der Waals surface area contributed by atoms with Gasteiger partial charge in [-0.2, -0.15) is 0 Å². The van der Waals surface area contributed by atoms with Crippen LogP contribution in [0.4, 0.5) is 5.69 Å². The zero-order chi connectivity index (χ0) is 19.2. The first-order valence-corrected chi connectivity index (χ1v) is 9.08. The first-order valence-electron chi connectivity index (χ1n) is 9.08. The predicted molar refractivity (Wildman–Crippen MR) is 106 cm³/mol. The highest BCUT2D eigenvalue weighted by atomic mass is 16.2. The highest BCUT2D eigenvalue weighted by Gasteiger charge is 2.40. The minimum Gasteiger partial charge on any atom is -0.353 e. The Morgan fingerprint density at radius 2 is 1.54 bits per heavy atom. The Labute approximate surface area is 156 Å². The van der Waals surface area contributed by atoms with Gasteiger partial charge in [0.25, 0.3) is 0 Å². The molecular formula is C22H28N2O2. The van der Waals surface area contributed by atoms with Crippen molar-refractivity contribution in [1.82, 2.24) is 5.32 Å². The van der Waals surface area contributed by atoms with Crippen molar-refractivity contribution in [1.29, 1.82) is 0 Å². The Morgan fingerprint density at radius 1 is 1.00 bits per heavy atom. The zero-order valence-electron chi connectivity index (χ0n) is 16.0. The molecule has 26 heavy (non-hydrogen) atoms. The van der Waals surface area contributed by atoms with Crippen LogP contribution >= 0.6 is 0 Å². The van der Waals surface area contributed by atoms with E-state index in [1.54, 1.807) is 18.7 Å². The van der Waals surface area contributed by atoms with Gasteiger partial charge in [0.05, 0.1) is 6.54 Å². The van der Waals surface area contributed by atoms with Crippen LogP contribution in [0.5, 0.6) is 0 Å². The molecule has 4 nitrogen and oxygen atoms in total. The Hall–Kier alpha value is -2.62. The summed E-state index contributed by atoms with van der Waals surface area (Å²) in [4.78, 5) is 27.7. The largest absolute Gasteiger partial charge is 0.353 e. The molecule has 1 atom stereocenters. The lowest BCUT2D eigenvalue weighted by atomic mass is 9.89. The number of benzene rings is 2. The third-order valence-corrected chi connectivity index (χ3v) is 4.59. The molecule has 1 unspecified atom stereocenters. The van der Waals surface area contributed by atoms with E-state index in [1.165, 1.54) is 0 Å². The molecule has 138 valence electrons. The van der Waals surface area contributed by atoms with Gasteiger partial charge in [0, 0.05) is 11.7 Å². The summed E-state index contributed by atoms with van der Waals surface area (Å²) in [5.74, 6) is -0.459. The van der Waals surface area contributed by atoms with E-state index in [9.17, 15) is 9.59 Å². The number of amides is 2. The van der Waals surface area contributed by atoms with Crippen molar-refractivity contribution >= 4 is 17.5 Å². The molecule has 0 aromatic heterocycles. The summed E-state index contributed by atoms with van der Waals surface area (Å²) in [5, 5.41) is 2.93. The molecule has 2 aromatic carbocycles. The number of rotatable bonds is 7. The topological polar surface area (TPSA) is 49.4 Å². The normalized spacial score (nSPS) is 12.3. The van der Waals surface area contributed by atoms with Gasteiger partial charge in [0.1, 0.15) is 5.41 Å². The second-order valence-corrected chi connectivity index (χ2v) is 7.12. The molecule has 0 aliphatic heterocycles. The van der Waals surface area contributed by atoms with Crippen molar-refractivity contribution < 1.29 is 9.59 Å². The van der Waals surface area contributed by atoms with Crippen LogP contribution in [0.15, 0.2) is 60.7 Å². The lowest BCUT2D eigenvalue weighted by Gasteiger charge is -2.32. The van der Waals surface area contributed by atoms with Gasteiger partial charge in [-0.05, 0) is 44.9 Å². The van der Waals surface area contributed by atoms with Crippen molar-refractivity contribution in [3.05, 3.63) is 66.2 Å². The van der Waals surface area contributed by atoms with Crippen LogP contribution in [0.1, 0.15) is 39.7 Å². The standard InChI is InChI=1S/C22H28N2O2/c1-5-17(2)23-20(25)22(3,4)21(26)24(19-14-10-7-11-15-19)16-18-12-8-6-9-13-18/h6-15,17H,5,16H2,1-4H3,(H,23,25). The van der Waals surface area contributed by atoms with Crippen LogP contribution in [0.2, 0.25) is 0 Å². The van der Waals surface area contributed by atoms with E-state index in [2.05, 4.69) is 5.32 Å². The number of hydrogen-bond donors (Lipinski definition) is 1. The van der Waals surface area contributed by atoms with Gasteiger partial charge in [-0.3, -0.25) is 9.59 Å². The summed E-state index contributed by atoms with van der Waals surface area (Å²) >= 11 is 0. The minimum absolute atomic E-state index is 0.0360. The van der Waals surface area contributed by atoms with Gasteiger partial charge in [-0.15, -0.1) is 0 Å². The Balaban J connectivity index is 2.31. The molecule has 0 fully saturated rings. The highest BCUT2D eigenvalue weighted by Crippen LogP contribution is 2.26. The predicted octanol–water partition coefficient (Wildman–Crippen LogP) is 4.16. The smallest absolute Gasteiger partial charge is 0.242 e. The van der Waals surface area contributed by atoms with Gasteiger partial charge in [-0.25, -0.2) is 0 Å². The van der Waals surface area contributed by atoms with Crippen molar-refractivity contribution in [2.45, 2.75) is 46.7 Å². The van der Waals surface area contributed by atoms with Crippen molar-refractivity contribution in [3.8, 4) is 0 Å². The summed E-state index contributed by atoms with van der Waals surface area (Å²) in [5.41, 5.74) is 0.641. The number of nitrogens with one attached hydrogen (secondary N) is 1. The molecule has 0 radical (unpaired) electrons. The van der Waals surface area contributed by atoms with Gasteiger partial charge in [0.15, 0.2) is 0 Å². The van der Waals surface area contributed by atoms with Crippen LogP contribution in [0, 0.1) is 5.41 Å². The lowest BCUT2D eigenvalue weighted by Crippen LogP contribution is -2.51. The second kappa shape index (κ2) is 8.65. The summed E-state index contributed by atoms with van der Waals surface area (Å²) in [6.45, 7) is 7.74. The SMILES string of the molecule is CCC(C)NC(=O)C(C)(C)C(=O)N(Cc1ccccc1)c1ccccc1. The van der Waals surface area contributed by atoms with E-state index in [1.807, 2.05) is 74.5 Å². The molecule has 1 N–H and O–H groups in total. The summed E-state index contributed by atoms with van der Waals surface area (Å²) < 4.78 is 0. The summed E-state index contributed by atoms with van der Waals surface area (Å²) in [7, 11) is 0. The average Bonchev–Trinajstić information content (AvgIpc) is 2.66. The summed E-state index contributed by atoms with van der Waals surface area (Å²) in [6.07, 6.45) is 0.822. The molecule has 0 aliphatic carbocycles. The Kier molecular flexibility index (Phi) is 6.56. The number of carbonyl (C=O) groups is 2. The Morgan fingerprint density at radius 3 is 2.08 bits per heavy atom. The van der Waals surface area contributed by atoms with E-state index in [0.29, 0.717) is 6.54 Å². The van der Waals surface area contributed by atoms with Crippen LogP contribution in [-0.4, -0.2) is 17.9 Å². The molecule has 0 spiro atoms. The van der Waals surface area contributed by atoms with Crippen LogP contribution < -0.4 is 10.2 Å². The highest BCUT2D eigenvalue weighted by molar-refractivity contribution is 6.11. The molecular weight excluding hydrogens is 324 g/mol. The van der Waals surface area contributed by atoms with E-state index >= 15 is 0 Å². The monoisotopic (exact) mass is 352 g/mol. The maximum Gasteiger partial charge on any atom is 0.242 e. The fraction of sp³-hybridized carbons (Fsp3) is 0.364. The molecule has 2 rings (SSSR count). The molecule has 0 bridgehead atoms. The molecule has 0 heterocycles. The van der Waals surface area contributed by atoms with Gasteiger partial charge in [-0.1, -0.05) is 55.5 Å². The molecule has 0 saturated carbocycles. The summed E-state index contributed by atoms with van der Waals surface area (Å²) in [6, 6.07) is 19.3. The van der Waals surface area contributed by atoms with Gasteiger partial charge >= 0.3 is 0 Å². The van der Waals surface area contributed by atoms with Gasteiger partial charge in [0.2, 0.25) is 11.8 Å². The van der Waals surface area contributed by atoms with E-state index in [4.69, 9.17) is 0 Å². The fourth-order valence-corrected chi connectivity index (χ4v) is 2.60. The van der Waals surface area contributed by atoms with Crippen molar-refractivity contribution in [2.24, 2.45) is 5.41 Å². The van der Waals surface area contributed by atoms with E-state index in [0.717, 1.165) is 17.7 Å². The molecule has 0 aliphatic rings. The van der Waals surface area contributed by atoms with Crippen molar-refractivity contribution in [3.63, 3.8) is 0 Å². The number of carbonyl (C=O) groups excluding carboxylic acids is 2. The molecule has 2 aromatic rings. The maximum atomic E-state index is 13.3. The number of anilines is 1. The number of nitrogens with zero attached hydrogens (tertiary/aromatic N) is 1. The first-order chi connectivity index (χ1) is 12.4. The van der Waals surface area contributed by atoms with Crippen LogP contribution in [-0.2, 0) is 16.1 Å². The third kappa shape index (κ3) is 4.72. The second-order valence-electron chi connectivity index (χ2n) is 7.12.